The first-order valence-electron chi connectivity index (χ1n) is 6.04. The smallest absolute Gasteiger partial charge is 0.0716 e. The summed E-state index contributed by atoms with van der Waals surface area (Å²) < 4.78 is 7.08. The van der Waals surface area contributed by atoms with Gasteiger partial charge in [-0.25, -0.2) is 0 Å². The maximum atomic E-state index is 5.20. The molecule has 0 aliphatic rings. The Morgan fingerprint density at radius 1 is 1.17 bits per heavy atom. The molecule has 4 nitrogen and oxygen atoms in total. The maximum Gasteiger partial charge on any atom is 0.0716 e. The maximum absolute atomic E-state index is 5.20. The van der Waals surface area contributed by atoms with Crippen LogP contribution in [0.4, 0.5) is 0 Å². The number of hydrogen-bond donors (Lipinski definition) is 1. The molecule has 0 atom stereocenters. The number of nitrogens with zero attached hydrogens (tertiary/aromatic N) is 2. The van der Waals surface area contributed by atoms with Crippen LogP contribution in [0.25, 0.3) is 0 Å². The first-order valence-corrected chi connectivity index (χ1v) is 6.04. The van der Waals surface area contributed by atoms with Crippen molar-refractivity contribution in [2.75, 3.05) is 7.11 Å². The van der Waals surface area contributed by atoms with Crippen LogP contribution < -0.4 is 5.32 Å². The molecule has 1 aromatic carbocycles. The molecular formula is C14H19N3O. The molecule has 0 saturated carbocycles. The van der Waals surface area contributed by atoms with Gasteiger partial charge in [-0.05, 0) is 17.2 Å². The van der Waals surface area contributed by atoms with Gasteiger partial charge in [0.25, 0.3) is 0 Å². The van der Waals surface area contributed by atoms with E-state index in [1.54, 1.807) is 7.11 Å². The minimum Gasteiger partial charge on any atom is -0.380 e. The summed E-state index contributed by atoms with van der Waals surface area (Å²) >= 11 is 0. The Bertz CT molecular complexity index is 493. The molecular weight excluding hydrogens is 226 g/mol. The highest BCUT2D eigenvalue weighted by Gasteiger charge is 2.02. The van der Waals surface area contributed by atoms with E-state index in [-0.39, 0.29) is 0 Å². The van der Waals surface area contributed by atoms with Gasteiger partial charge in [0.15, 0.2) is 0 Å². The van der Waals surface area contributed by atoms with Crippen molar-refractivity contribution in [3.63, 3.8) is 0 Å². The molecule has 1 N–H and O–H groups in total. The minimum atomic E-state index is 0.656. The summed E-state index contributed by atoms with van der Waals surface area (Å²) in [4.78, 5) is 0. The summed E-state index contributed by atoms with van der Waals surface area (Å²) in [5.41, 5.74) is 3.69. The van der Waals surface area contributed by atoms with Gasteiger partial charge in [0.1, 0.15) is 0 Å². The molecule has 96 valence electrons. The van der Waals surface area contributed by atoms with E-state index in [2.05, 4.69) is 28.6 Å². The summed E-state index contributed by atoms with van der Waals surface area (Å²) in [6.07, 6.45) is 1.82. The largest absolute Gasteiger partial charge is 0.380 e. The molecule has 1 aromatic heterocycles. The van der Waals surface area contributed by atoms with E-state index in [1.165, 1.54) is 16.8 Å². The van der Waals surface area contributed by atoms with Crippen LogP contribution in [0.1, 0.15) is 16.8 Å². The number of ether oxygens (including phenoxy) is 1. The number of methoxy groups -OCH3 is 1. The Morgan fingerprint density at radius 3 is 2.61 bits per heavy atom. The van der Waals surface area contributed by atoms with Crippen molar-refractivity contribution in [1.82, 2.24) is 15.1 Å². The molecule has 0 radical (unpaired) electrons. The fraction of sp³-hybridized carbons (Fsp3) is 0.357. The van der Waals surface area contributed by atoms with Crippen molar-refractivity contribution in [2.45, 2.75) is 19.7 Å². The van der Waals surface area contributed by atoms with Gasteiger partial charge in [-0.15, -0.1) is 0 Å². The predicted molar refractivity (Wildman–Crippen MR) is 70.9 cm³/mol. The highest BCUT2D eigenvalue weighted by Crippen LogP contribution is 2.09. The van der Waals surface area contributed by atoms with Crippen molar-refractivity contribution < 1.29 is 4.74 Å². The average molecular weight is 245 g/mol. The third kappa shape index (κ3) is 3.18. The molecule has 1 heterocycles. The molecule has 0 spiro atoms. The van der Waals surface area contributed by atoms with Gasteiger partial charge >= 0.3 is 0 Å². The monoisotopic (exact) mass is 245 g/mol. The Hall–Kier alpha value is -1.65. The van der Waals surface area contributed by atoms with Crippen LogP contribution >= 0.6 is 0 Å². The zero-order valence-corrected chi connectivity index (χ0v) is 10.9. The fourth-order valence-electron chi connectivity index (χ4n) is 1.93. The predicted octanol–water partition coefficient (Wildman–Crippen LogP) is 1.86. The van der Waals surface area contributed by atoms with Crippen LogP contribution in [0.15, 0.2) is 36.5 Å². The highest BCUT2D eigenvalue weighted by atomic mass is 16.5. The Kier molecular flexibility index (Phi) is 4.50. The lowest BCUT2D eigenvalue weighted by Gasteiger charge is -2.10. The van der Waals surface area contributed by atoms with E-state index in [0.717, 1.165) is 13.1 Å². The molecule has 0 amide bonds. The molecule has 4 heteroatoms. The van der Waals surface area contributed by atoms with Gasteiger partial charge in [-0.3, -0.25) is 4.68 Å². The minimum absolute atomic E-state index is 0.656. The van der Waals surface area contributed by atoms with Crippen LogP contribution in [-0.2, 0) is 31.5 Å². The van der Waals surface area contributed by atoms with E-state index < -0.39 is 0 Å². The van der Waals surface area contributed by atoms with Gasteiger partial charge in [0.2, 0.25) is 0 Å². The number of benzene rings is 1. The zero-order chi connectivity index (χ0) is 12.8. The second-order valence-corrected chi connectivity index (χ2v) is 4.25. The Morgan fingerprint density at radius 2 is 1.94 bits per heavy atom. The van der Waals surface area contributed by atoms with E-state index >= 15 is 0 Å². The van der Waals surface area contributed by atoms with Crippen molar-refractivity contribution in [2.24, 2.45) is 7.05 Å². The van der Waals surface area contributed by atoms with Crippen LogP contribution in [0.2, 0.25) is 0 Å². The molecule has 0 aliphatic heterocycles. The summed E-state index contributed by atoms with van der Waals surface area (Å²) in [7, 11) is 3.68. The lowest BCUT2D eigenvalue weighted by molar-refractivity contribution is 0.184. The van der Waals surface area contributed by atoms with Crippen LogP contribution in [0, 0.1) is 0 Å². The van der Waals surface area contributed by atoms with Crippen molar-refractivity contribution in [3.8, 4) is 0 Å². The number of rotatable bonds is 6. The average Bonchev–Trinajstić information content (AvgIpc) is 2.78. The first-order chi connectivity index (χ1) is 8.81. The number of nitrogens with one attached hydrogen (secondary N) is 1. The van der Waals surface area contributed by atoms with Gasteiger partial charge < -0.3 is 10.1 Å². The van der Waals surface area contributed by atoms with Gasteiger partial charge in [0.05, 0.1) is 12.3 Å². The van der Waals surface area contributed by atoms with Gasteiger partial charge in [0, 0.05) is 33.4 Å². The molecule has 0 fully saturated rings. The molecule has 0 aliphatic carbocycles. The van der Waals surface area contributed by atoms with Gasteiger partial charge in [-0.1, -0.05) is 24.3 Å². The summed E-state index contributed by atoms with van der Waals surface area (Å²) in [6, 6.07) is 10.3. The number of hydrogen-bond acceptors (Lipinski definition) is 3. The Balaban J connectivity index is 1.92. The molecule has 0 unspecified atom stereocenters. The van der Waals surface area contributed by atoms with Crippen molar-refractivity contribution >= 4 is 0 Å². The SMILES string of the molecule is COCc1ccccc1CNCc1ccnn1C. The summed E-state index contributed by atoms with van der Waals surface area (Å²) in [5, 5.41) is 7.57. The second kappa shape index (κ2) is 6.33. The van der Waals surface area contributed by atoms with E-state index in [0.29, 0.717) is 6.61 Å². The highest BCUT2D eigenvalue weighted by molar-refractivity contribution is 5.26. The van der Waals surface area contributed by atoms with E-state index in [1.807, 2.05) is 30.1 Å². The lowest BCUT2D eigenvalue weighted by atomic mass is 10.1. The molecule has 2 rings (SSSR count). The lowest BCUT2D eigenvalue weighted by Crippen LogP contribution is -2.16. The van der Waals surface area contributed by atoms with Crippen molar-refractivity contribution in [3.05, 3.63) is 53.3 Å². The zero-order valence-electron chi connectivity index (χ0n) is 10.9. The molecule has 2 aromatic rings. The quantitative estimate of drug-likeness (QED) is 0.844. The number of aromatic nitrogens is 2. The van der Waals surface area contributed by atoms with Crippen LogP contribution in [0.5, 0.6) is 0 Å². The van der Waals surface area contributed by atoms with Crippen LogP contribution in [0.3, 0.4) is 0 Å². The van der Waals surface area contributed by atoms with Gasteiger partial charge in [-0.2, -0.15) is 5.10 Å². The van der Waals surface area contributed by atoms with Crippen LogP contribution in [-0.4, -0.2) is 16.9 Å². The Labute approximate surface area is 108 Å². The van der Waals surface area contributed by atoms with E-state index in [4.69, 9.17) is 4.74 Å². The molecule has 0 saturated heterocycles. The summed E-state index contributed by atoms with van der Waals surface area (Å²) in [5.74, 6) is 0. The second-order valence-electron chi connectivity index (χ2n) is 4.25. The molecule has 0 bridgehead atoms. The van der Waals surface area contributed by atoms with E-state index in [9.17, 15) is 0 Å². The van der Waals surface area contributed by atoms with Crippen molar-refractivity contribution in [1.29, 1.82) is 0 Å². The number of aryl methyl sites for hydroxylation is 1. The third-order valence-corrected chi connectivity index (χ3v) is 2.96. The summed E-state index contributed by atoms with van der Waals surface area (Å²) in [6.45, 7) is 2.31. The fourth-order valence-corrected chi connectivity index (χ4v) is 1.93. The standard InChI is InChI=1S/C14H19N3O/c1-17-14(7-8-16-17)10-15-9-12-5-3-4-6-13(12)11-18-2/h3-8,15H,9-11H2,1-2H3. The normalized spacial score (nSPS) is 10.8. The topological polar surface area (TPSA) is 39.1 Å². The third-order valence-electron chi connectivity index (χ3n) is 2.96. The first kappa shape index (κ1) is 12.8. The molecule has 18 heavy (non-hydrogen) atoms.